The van der Waals surface area contributed by atoms with Gasteiger partial charge in [0.15, 0.2) is 11.6 Å². The van der Waals surface area contributed by atoms with Crippen molar-refractivity contribution in [2.24, 2.45) is 0 Å². The number of nitrogens with zero attached hydrogens (tertiary/aromatic N) is 4. The van der Waals surface area contributed by atoms with Crippen molar-refractivity contribution >= 4 is 57.5 Å². The van der Waals surface area contributed by atoms with Gasteiger partial charge in [0, 0.05) is 63.8 Å². The minimum atomic E-state index is -0.295. The predicted octanol–water partition coefficient (Wildman–Crippen LogP) is 34.0. The highest BCUT2D eigenvalue weighted by Crippen LogP contribution is 2.64. The summed E-state index contributed by atoms with van der Waals surface area (Å²) in [6, 6.07) is 34.2. The molecule has 0 unspecified atom stereocenters. The molecule has 0 atom stereocenters. The van der Waals surface area contributed by atoms with Gasteiger partial charge in [0.1, 0.15) is 35.4 Å². The minimum absolute atomic E-state index is 0.0267. The largest absolute Gasteiger partial charge is 0.289 e. The molecule has 2 aromatic heterocycles. The standard InChI is InChI=1S/C106H146N4O2S2/c1-5-9-13-17-21-25-29-33-37-41-45-49-53-61-69-105(70-62-54-50-46-42-38-34-30-26-22-18-14-10-6-2)95-77-92-96(78-91(95)103-97(105)75-85(113-103)73-93-99(83(79-107)80-108)87-65-57-59-67-89(87)101(93)111)106(71-63-55-51-47-43-39-35-31-27-23-19-15-11-7-3,72-64-56-52-48-44-40-36-32-28-24-20-16-12-8-4)98-76-86(114-104(92)98)74-94-100(84(81-109)82-110)88-66-58-60-68-90(88)102(94)112/h57-60,65-68,73-78H,5-56,61-64,69-72H2,1-4H3. The third-order valence-electron chi connectivity index (χ3n) is 26.5. The average molecular weight is 1570 g/mol. The quantitative estimate of drug-likeness (QED) is 0.0217. The van der Waals surface area contributed by atoms with Crippen LogP contribution < -0.4 is 0 Å². The maximum atomic E-state index is 14.8. The number of hydrogen-bond donors (Lipinski definition) is 0. The van der Waals surface area contributed by atoms with Crippen LogP contribution in [-0.4, -0.2) is 11.6 Å². The molecule has 9 rings (SSSR count). The second kappa shape index (κ2) is 51.5. The molecule has 0 N–H and O–H groups in total. The smallest absolute Gasteiger partial charge is 0.194 e. The van der Waals surface area contributed by atoms with Crippen LogP contribution in [0.5, 0.6) is 0 Å². The van der Waals surface area contributed by atoms with Gasteiger partial charge in [0.05, 0.1) is 0 Å². The van der Waals surface area contributed by atoms with E-state index in [4.69, 9.17) is 0 Å². The molecule has 114 heavy (non-hydrogen) atoms. The van der Waals surface area contributed by atoms with E-state index in [2.05, 4.69) is 76.2 Å². The van der Waals surface area contributed by atoms with Gasteiger partial charge in [-0.1, -0.05) is 436 Å². The Morgan fingerprint density at radius 2 is 0.491 bits per heavy atom. The molecule has 5 aromatic rings. The van der Waals surface area contributed by atoms with Gasteiger partial charge >= 0.3 is 0 Å². The summed E-state index contributed by atoms with van der Waals surface area (Å²) in [5, 5.41) is 42.2. The summed E-state index contributed by atoms with van der Waals surface area (Å²) in [5.74, 6) is -0.261. The van der Waals surface area contributed by atoms with Crippen LogP contribution in [-0.2, 0) is 10.8 Å². The lowest BCUT2D eigenvalue weighted by Gasteiger charge is -2.34. The molecule has 0 spiro atoms. The molecule has 2 heterocycles. The molecule has 0 bridgehead atoms. The predicted molar refractivity (Wildman–Crippen MR) is 488 cm³/mol. The van der Waals surface area contributed by atoms with Crippen LogP contribution >= 0.6 is 22.7 Å². The fourth-order valence-electron chi connectivity index (χ4n) is 19.9. The van der Waals surface area contributed by atoms with Crippen LogP contribution in [0.2, 0.25) is 0 Å². The van der Waals surface area contributed by atoms with E-state index in [1.807, 2.05) is 83.4 Å². The number of Topliss-reactive ketones (excluding diaryl/α,β-unsaturated/α-hetero) is 2. The number of benzene rings is 3. The number of ketones is 2. The number of thiophene rings is 2. The first-order valence-corrected chi connectivity index (χ1v) is 49.1. The molecular formula is C106H146N4O2S2. The normalized spacial score (nSPS) is 14.6. The van der Waals surface area contributed by atoms with E-state index in [0.717, 1.165) is 61.1 Å². The molecule has 8 heteroatoms. The summed E-state index contributed by atoms with van der Waals surface area (Å²) in [6.45, 7) is 9.21. The first-order valence-electron chi connectivity index (χ1n) is 47.5. The maximum absolute atomic E-state index is 14.8. The van der Waals surface area contributed by atoms with E-state index >= 15 is 0 Å². The lowest BCUT2D eigenvalue weighted by molar-refractivity contribution is 0.103. The van der Waals surface area contributed by atoms with Gasteiger partial charge in [-0.05, 0) is 107 Å². The Labute approximate surface area is 701 Å². The summed E-state index contributed by atoms with van der Waals surface area (Å²) in [4.78, 5) is 34.3. The molecule has 614 valence electrons. The van der Waals surface area contributed by atoms with Crippen molar-refractivity contribution < 1.29 is 9.59 Å². The highest BCUT2D eigenvalue weighted by atomic mass is 32.1. The lowest BCUT2D eigenvalue weighted by atomic mass is 9.68. The van der Waals surface area contributed by atoms with Crippen molar-refractivity contribution in [3.8, 4) is 45.2 Å². The van der Waals surface area contributed by atoms with Crippen molar-refractivity contribution in [1.82, 2.24) is 0 Å². The second-order valence-electron chi connectivity index (χ2n) is 35.1. The van der Waals surface area contributed by atoms with Crippen molar-refractivity contribution in [2.75, 3.05) is 0 Å². The molecular weight excluding hydrogens is 1430 g/mol. The van der Waals surface area contributed by atoms with Crippen molar-refractivity contribution in [3.05, 3.63) is 149 Å². The molecule has 3 aromatic carbocycles. The van der Waals surface area contributed by atoms with Crippen molar-refractivity contribution in [1.29, 1.82) is 21.0 Å². The number of carbonyl (C=O) groups excluding carboxylic acids is 2. The van der Waals surface area contributed by atoms with E-state index in [1.54, 1.807) is 0 Å². The van der Waals surface area contributed by atoms with Gasteiger partial charge in [-0.3, -0.25) is 9.59 Å². The topological polar surface area (TPSA) is 129 Å². The fourth-order valence-corrected chi connectivity index (χ4v) is 22.4. The third-order valence-corrected chi connectivity index (χ3v) is 28.7. The van der Waals surface area contributed by atoms with Gasteiger partial charge in [0.2, 0.25) is 0 Å². The van der Waals surface area contributed by atoms with Gasteiger partial charge in [-0.2, -0.15) is 21.0 Å². The van der Waals surface area contributed by atoms with Crippen LogP contribution in [0.3, 0.4) is 0 Å². The summed E-state index contributed by atoms with van der Waals surface area (Å²) in [5.41, 5.74) is 11.9. The Morgan fingerprint density at radius 3 is 0.711 bits per heavy atom. The lowest BCUT2D eigenvalue weighted by Crippen LogP contribution is -2.27. The molecule has 4 aliphatic carbocycles. The number of fused-ring (bicyclic) bond motifs is 8. The molecule has 0 aliphatic heterocycles. The van der Waals surface area contributed by atoms with E-state index in [1.165, 1.54) is 377 Å². The number of carbonyl (C=O) groups is 2. The molecule has 6 nitrogen and oxygen atoms in total. The number of allylic oxidation sites excluding steroid dienone is 6. The zero-order chi connectivity index (χ0) is 80.3. The number of unbranched alkanes of at least 4 members (excludes halogenated alkanes) is 52. The van der Waals surface area contributed by atoms with Crippen LogP contribution in [0.1, 0.15) is 477 Å². The molecule has 0 radical (unpaired) electrons. The van der Waals surface area contributed by atoms with Gasteiger partial charge in [-0.25, -0.2) is 0 Å². The zero-order valence-corrected chi connectivity index (χ0v) is 73.6. The Balaban J connectivity index is 1.11. The SMILES string of the molecule is CCCCCCCCCCCCCCCCC1(CCCCCCCCCCCCCCCC)c2cc3c(cc2-c2sc(C=C4C(=O)c5ccccc5C4=C(C#N)C#N)cc21)C(CCCCCCCCCCCCCCCC)(CCCCCCCCCCCCCCCC)c1cc(C=C2C(=O)c4ccccc4C2=C(C#N)C#N)sc1-3. The van der Waals surface area contributed by atoms with Gasteiger partial charge in [-0.15, -0.1) is 22.7 Å². The Morgan fingerprint density at radius 1 is 0.281 bits per heavy atom. The fraction of sp³-hybridized carbons (Fsp3) is 0.623. The van der Waals surface area contributed by atoms with Crippen LogP contribution in [0.15, 0.2) is 95.1 Å². The Hall–Kier alpha value is -6.68. The number of rotatable bonds is 62. The summed E-state index contributed by atoms with van der Waals surface area (Å²) in [7, 11) is 0. The summed E-state index contributed by atoms with van der Waals surface area (Å²) in [6.07, 6.45) is 81.6. The molecule has 0 saturated carbocycles. The van der Waals surface area contributed by atoms with Gasteiger partial charge < -0.3 is 0 Å². The summed E-state index contributed by atoms with van der Waals surface area (Å²) >= 11 is 3.63. The van der Waals surface area contributed by atoms with Crippen LogP contribution in [0.4, 0.5) is 0 Å². The third kappa shape index (κ3) is 25.7. The highest BCUT2D eigenvalue weighted by Gasteiger charge is 2.50. The van der Waals surface area contributed by atoms with Crippen LogP contribution in [0.25, 0.3) is 44.2 Å². The van der Waals surface area contributed by atoms with E-state index < -0.39 is 0 Å². The number of nitriles is 4. The molecule has 0 fully saturated rings. The van der Waals surface area contributed by atoms with Crippen molar-refractivity contribution in [3.63, 3.8) is 0 Å². The van der Waals surface area contributed by atoms with E-state index in [-0.39, 0.29) is 33.5 Å². The molecule has 0 saturated heterocycles. The highest BCUT2D eigenvalue weighted by molar-refractivity contribution is 7.17. The Kier molecular flexibility index (Phi) is 41.2. The first kappa shape index (κ1) is 91.2. The zero-order valence-electron chi connectivity index (χ0n) is 71.9. The average Bonchev–Trinajstić information content (AvgIpc) is 1.52. The summed E-state index contributed by atoms with van der Waals surface area (Å²) < 4.78 is 0. The Bertz CT molecular complexity index is 3730. The van der Waals surface area contributed by atoms with Crippen molar-refractivity contribution in [2.45, 2.75) is 424 Å². The number of hydrogen-bond acceptors (Lipinski definition) is 8. The van der Waals surface area contributed by atoms with Gasteiger partial charge in [0.25, 0.3) is 0 Å². The minimum Gasteiger partial charge on any atom is -0.289 e. The molecule has 0 amide bonds. The maximum Gasteiger partial charge on any atom is 0.194 e. The molecule has 4 aliphatic rings. The van der Waals surface area contributed by atoms with E-state index in [9.17, 15) is 30.6 Å². The first-order chi connectivity index (χ1) is 56.2. The van der Waals surface area contributed by atoms with Crippen LogP contribution in [0, 0.1) is 45.3 Å². The monoisotopic (exact) mass is 1570 g/mol. The second-order valence-corrected chi connectivity index (χ2v) is 37.3. The van der Waals surface area contributed by atoms with E-state index in [0.29, 0.717) is 44.5 Å².